The quantitative estimate of drug-likeness (QED) is 0.844. The van der Waals surface area contributed by atoms with Crippen LogP contribution in [0.25, 0.3) is 11.4 Å². The molecular weight excluding hydrogens is 270 g/mol. The lowest BCUT2D eigenvalue weighted by molar-refractivity contribution is 0.355. The van der Waals surface area contributed by atoms with Crippen LogP contribution < -0.4 is 14.8 Å². The zero-order valence-electron chi connectivity index (χ0n) is 12.8. The first-order valence-corrected chi connectivity index (χ1v) is 6.92. The van der Waals surface area contributed by atoms with Crippen LogP contribution in [0.5, 0.6) is 11.5 Å². The van der Waals surface area contributed by atoms with Crippen molar-refractivity contribution in [2.75, 3.05) is 20.8 Å². The number of nitrogens with zero attached hydrogens (tertiary/aromatic N) is 2. The summed E-state index contributed by atoms with van der Waals surface area (Å²) in [6, 6.07) is 5.98. The molecule has 6 heteroatoms. The third-order valence-corrected chi connectivity index (χ3v) is 3.00. The molecule has 1 heterocycles. The fourth-order valence-electron chi connectivity index (χ4n) is 1.92. The van der Waals surface area contributed by atoms with Crippen molar-refractivity contribution in [3.8, 4) is 22.9 Å². The molecule has 114 valence electrons. The molecule has 0 bridgehead atoms. The van der Waals surface area contributed by atoms with Gasteiger partial charge in [0.2, 0.25) is 11.7 Å². The first-order chi connectivity index (χ1) is 10.1. The number of hydrogen-bond acceptors (Lipinski definition) is 6. The minimum Gasteiger partial charge on any atom is -0.493 e. The van der Waals surface area contributed by atoms with Crippen LogP contribution >= 0.6 is 0 Å². The number of nitrogens with one attached hydrogen (secondary N) is 1. The first-order valence-electron chi connectivity index (χ1n) is 6.92. The standard InChI is InChI=1S/C15H21N3O3/c1-10(2)16-8-7-14-17-15(18-21-14)11-5-6-12(19-3)13(9-11)20-4/h5-6,9-10,16H,7-8H2,1-4H3. The molecule has 2 rings (SSSR count). The predicted octanol–water partition coefficient (Wildman–Crippen LogP) is 2.29. The van der Waals surface area contributed by atoms with Crippen LogP contribution in [0.1, 0.15) is 19.7 Å². The zero-order chi connectivity index (χ0) is 15.2. The summed E-state index contributed by atoms with van der Waals surface area (Å²) >= 11 is 0. The Hall–Kier alpha value is -2.08. The molecule has 1 aromatic heterocycles. The van der Waals surface area contributed by atoms with Gasteiger partial charge in [-0.15, -0.1) is 0 Å². The molecule has 1 N–H and O–H groups in total. The highest BCUT2D eigenvalue weighted by Crippen LogP contribution is 2.31. The average molecular weight is 291 g/mol. The van der Waals surface area contributed by atoms with Crippen molar-refractivity contribution in [2.45, 2.75) is 26.3 Å². The molecule has 0 amide bonds. The van der Waals surface area contributed by atoms with Gasteiger partial charge in [0.05, 0.1) is 14.2 Å². The summed E-state index contributed by atoms with van der Waals surface area (Å²) in [5.41, 5.74) is 0.833. The van der Waals surface area contributed by atoms with Crippen LogP contribution in [0.3, 0.4) is 0 Å². The fraction of sp³-hybridized carbons (Fsp3) is 0.467. The van der Waals surface area contributed by atoms with Gasteiger partial charge in [-0.1, -0.05) is 19.0 Å². The van der Waals surface area contributed by atoms with Crippen molar-refractivity contribution < 1.29 is 14.0 Å². The summed E-state index contributed by atoms with van der Waals surface area (Å²) in [5.74, 6) is 2.48. The molecule has 0 spiro atoms. The van der Waals surface area contributed by atoms with Crippen LogP contribution in [0, 0.1) is 0 Å². The third-order valence-electron chi connectivity index (χ3n) is 3.00. The summed E-state index contributed by atoms with van der Waals surface area (Å²) in [4.78, 5) is 4.39. The highest BCUT2D eigenvalue weighted by molar-refractivity contribution is 5.60. The predicted molar refractivity (Wildman–Crippen MR) is 79.7 cm³/mol. The van der Waals surface area contributed by atoms with E-state index in [1.165, 1.54) is 0 Å². The second-order valence-corrected chi connectivity index (χ2v) is 4.94. The lowest BCUT2D eigenvalue weighted by Crippen LogP contribution is -2.25. The van der Waals surface area contributed by atoms with Gasteiger partial charge in [0.1, 0.15) is 0 Å². The number of ether oxygens (including phenoxy) is 2. The van der Waals surface area contributed by atoms with Gasteiger partial charge in [-0.3, -0.25) is 0 Å². The number of aromatic nitrogens is 2. The monoisotopic (exact) mass is 291 g/mol. The molecule has 2 aromatic rings. The Bertz CT molecular complexity index is 581. The van der Waals surface area contributed by atoms with Gasteiger partial charge in [-0.05, 0) is 18.2 Å². The Kier molecular flexibility index (Phi) is 5.16. The largest absolute Gasteiger partial charge is 0.493 e. The van der Waals surface area contributed by atoms with Crippen LogP contribution in [0.15, 0.2) is 22.7 Å². The molecule has 0 unspecified atom stereocenters. The number of hydrogen-bond donors (Lipinski definition) is 1. The fourth-order valence-corrected chi connectivity index (χ4v) is 1.92. The van der Waals surface area contributed by atoms with Crippen molar-refractivity contribution in [3.05, 3.63) is 24.1 Å². The molecule has 0 aliphatic heterocycles. The van der Waals surface area contributed by atoms with Gasteiger partial charge >= 0.3 is 0 Å². The number of benzene rings is 1. The Balaban J connectivity index is 2.10. The van der Waals surface area contributed by atoms with E-state index in [2.05, 4.69) is 29.3 Å². The second-order valence-electron chi connectivity index (χ2n) is 4.94. The van der Waals surface area contributed by atoms with Crippen LogP contribution in [0.4, 0.5) is 0 Å². The third kappa shape index (κ3) is 3.95. The zero-order valence-corrected chi connectivity index (χ0v) is 12.8. The van der Waals surface area contributed by atoms with E-state index in [4.69, 9.17) is 14.0 Å². The van der Waals surface area contributed by atoms with Crippen LogP contribution in [0.2, 0.25) is 0 Å². The van der Waals surface area contributed by atoms with E-state index in [0.717, 1.165) is 12.1 Å². The summed E-state index contributed by atoms with van der Waals surface area (Å²) in [6.07, 6.45) is 0.707. The van der Waals surface area contributed by atoms with Crippen molar-refractivity contribution in [3.63, 3.8) is 0 Å². The molecule has 6 nitrogen and oxygen atoms in total. The molecule has 1 aromatic carbocycles. The normalized spacial score (nSPS) is 10.9. The van der Waals surface area contributed by atoms with Crippen molar-refractivity contribution in [1.29, 1.82) is 0 Å². The van der Waals surface area contributed by atoms with E-state index in [1.807, 2.05) is 18.2 Å². The summed E-state index contributed by atoms with van der Waals surface area (Å²) in [5, 5.41) is 7.32. The van der Waals surface area contributed by atoms with Gasteiger partial charge in [0, 0.05) is 24.6 Å². The molecular formula is C15H21N3O3. The van der Waals surface area contributed by atoms with Gasteiger partial charge in [0.25, 0.3) is 0 Å². The van der Waals surface area contributed by atoms with Gasteiger partial charge in [-0.25, -0.2) is 0 Å². The van der Waals surface area contributed by atoms with E-state index in [9.17, 15) is 0 Å². The molecule has 0 saturated heterocycles. The van der Waals surface area contributed by atoms with Crippen LogP contribution in [-0.2, 0) is 6.42 Å². The van der Waals surface area contributed by atoms with Crippen LogP contribution in [-0.4, -0.2) is 36.9 Å². The Morgan fingerprint density at radius 1 is 1.19 bits per heavy atom. The van der Waals surface area contributed by atoms with E-state index < -0.39 is 0 Å². The molecule has 0 radical (unpaired) electrons. The molecule has 0 saturated carbocycles. The highest BCUT2D eigenvalue weighted by Gasteiger charge is 2.12. The Morgan fingerprint density at radius 2 is 1.95 bits per heavy atom. The van der Waals surface area contributed by atoms with Gasteiger partial charge < -0.3 is 19.3 Å². The Morgan fingerprint density at radius 3 is 2.62 bits per heavy atom. The van der Waals surface area contributed by atoms with E-state index in [1.54, 1.807) is 14.2 Å². The maximum absolute atomic E-state index is 5.28. The number of methoxy groups -OCH3 is 2. The van der Waals surface area contributed by atoms with Crippen molar-refractivity contribution in [1.82, 2.24) is 15.5 Å². The topological polar surface area (TPSA) is 69.4 Å². The smallest absolute Gasteiger partial charge is 0.228 e. The lowest BCUT2D eigenvalue weighted by atomic mass is 10.2. The van der Waals surface area contributed by atoms with Crippen molar-refractivity contribution in [2.24, 2.45) is 0 Å². The maximum atomic E-state index is 5.28. The minimum atomic E-state index is 0.443. The summed E-state index contributed by atoms with van der Waals surface area (Å²) in [6.45, 7) is 5.01. The highest BCUT2D eigenvalue weighted by atomic mass is 16.5. The van der Waals surface area contributed by atoms with Gasteiger partial charge in [0.15, 0.2) is 11.5 Å². The first kappa shape index (κ1) is 15.3. The average Bonchev–Trinajstić information content (AvgIpc) is 2.95. The number of rotatable bonds is 7. The van der Waals surface area contributed by atoms with Gasteiger partial charge in [-0.2, -0.15) is 4.98 Å². The SMILES string of the molecule is COc1ccc(-c2noc(CCNC(C)C)n2)cc1OC. The maximum Gasteiger partial charge on any atom is 0.228 e. The molecule has 21 heavy (non-hydrogen) atoms. The van der Waals surface area contributed by atoms with Crippen molar-refractivity contribution >= 4 is 0 Å². The van der Waals surface area contributed by atoms with E-state index in [0.29, 0.717) is 35.7 Å². The summed E-state index contributed by atoms with van der Waals surface area (Å²) < 4.78 is 15.7. The Labute approximate surface area is 124 Å². The molecule has 0 aliphatic carbocycles. The lowest BCUT2D eigenvalue weighted by Gasteiger charge is -2.07. The molecule has 0 fully saturated rings. The van der Waals surface area contributed by atoms with E-state index >= 15 is 0 Å². The van der Waals surface area contributed by atoms with E-state index in [-0.39, 0.29) is 0 Å². The second kappa shape index (κ2) is 7.08. The molecule has 0 aliphatic rings. The minimum absolute atomic E-state index is 0.443. The summed E-state index contributed by atoms with van der Waals surface area (Å²) in [7, 11) is 3.20. The molecule has 0 atom stereocenters.